The summed E-state index contributed by atoms with van der Waals surface area (Å²) in [5, 5.41) is 11.1. The van der Waals surface area contributed by atoms with Crippen LogP contribution >= 0.6 is 0 Å². The molecule has 0 unspecified atom stereocenters. The van der Waals surface area contributed by atoms with Gasteiger partial charge in [-0.1, -0.05) is 25.7 Å². The lowest BCUT2D eigenvalue weighted by molar-refractivity contribution is 0.147. The van der Waals surface area contributed by atoms with Crippen LogP contribution in [0.4, 0.5) is 14.9 Å². The molecule has 1 rings (SSSR count). The van der Waals surface area contributed by atoms with E-state index in [4.69, 9.17) is 9.84 Å². The summed E-state index contributed by atoms with van der Waals surface area (Å²) in [6, 6.07) is 3.79. The minimum Gasteiger partial charge on any atom is -0.449 e. The number of aliphatic hydroxyl groups is 1. The molecule has 0 atom stereocenters. The van der Waals surface area contributed by atoms with E-state index in [1.165, 1.54) is 18.2 Å². The maximum Gasteiger partial charge on any atom is 0.411 e. The van der Waals surface area contributed by atoms with Crippen LogP contribution in [0.25, 0.3) is 0 Å². The van der Waals surface area contributed by atoms with Crippen molar-refractivity contribution in [2.24, 2.45) is 5.92 Å². The Hall–Kier alpha value is -2.06. The van der Waals surface area contributed by atoms with Crippen molar-refractivity contribution in [1.82, 2.24) is 0 Å². The second-order valence-corrected chi connectivity index (χ2v) is 4.27. The zero-order valence-electron chi connectivity index (χ0n) is 10.9. The molecule has 0 bridgehead atoms. The fourth-order valence-electron chi connectivity index (χ4n) is 1.25. The Kier molecular flexibility index (Phi) is 5.83. The van der Waals surface area contributed by atoms with Gasteiger partial charge in [0.25, 0.3) is 0 Å². The second-order valence-electron chi connectivity index (χ2n) is 4.27. The lowest BCUT2D eigenvalue weighted by atomic mass is 10.2. The number of carbonyl (C=O) groups excluding carboxylic acids is 1. The number of amides is 1. The highest BCUT2D eigenvalue weighted by molar-refractivity contribution is 5.86. The third-order valence-electron chi connectivity index (χ3n) is 2.07. The van der Waals surface area contributed by atoms with Crippen LogP contribution in [0.5, 0.6) is 0 Å². The van der Waals surface area contributed by atoms with Crippen molar-refractivity contribution >= 4 is 11.8 Å². The van der Waals surface area contributed by atoms with E-state index in [1.807, 2.05) is 13.8 Å². The summed E-state index contributed by atoms with van der Waals surface area (Å²) in [6.07, 6.45) is -0.618. The molecule has 5 heteroatoms. The van der Waals surface area contributed by atoms with Crippen LogP contribution in [0.3, 0.4) is 0 Å². The molecule has 0 aromatic heterocycles. The molecule has 0 heterocycles. The third-order valence-corrected chi connectivity index (χ3v) is 2.07. The Bertz CT molecular complexity index is 503. The number of hydrogen-bond donors (Lipinski definition) is 2. The zero-order chi connectivity index (χ0) is 14.3. The molecular formula is C14H16FNO3. The summed E-state index contributed by atoms with van der Waals surface area (Å²) in [7, 11) is 0. The van der Waals surface area contributed by atoms with Crippen LogP contribution in [0.1, 0.15) is 19.4 Å². The summed E-state index contributed by atoms with van der Waals surface area (Å²) >= 11 is 0. The molecule has 1 amide bonds. The first-order valence-electron chi connectivity index (χ1n) is 5.86. The van der Waals surface area contributed by atoms with Gasteiger partial charge in [0.1, 0.15) is 12.4 Å². The molecule has 0 radical (unpaired) electrons. The second kappa shape index (κ2) is 7.39. The van der Waals surface area contributed by atoms with Crippen molar-refractivity contribution < 1.29 is 19.0 Å². The molecule has 1 aromatic carbocycles. The van der Waals surface area contributed by atoms with Gasteiger partial charge < -0.3 is 9.84 Å². The smallest absolute Gasteiger partial charge is 0.411 e. The molecule has 102 valence electrons. The number of nitrogens with one attached hydrogen (secondary N) is 1. The average Bonchev–Trinajstić information content (AvgIpc) is 2.36. The van der Waals surface area contributed by atoms with Gasteiger partial charge in [0.2, 0.25) is 0 Å². The van der Waals surface area contributed by atoms with E-state index in [0.717, 1.165) is 0 Å². The quantitative estimate of drug-likeness (QED) is 0.825. The molecule has 0 fully saturated rings. The predicted octanol–water partition coefficient (Wildman–Crippen LogP) is 2.37. The van der Waals surface area contributed by atoms with Crippen molar-refractivity contribution in [2.45, 2.75) is 13.8 Å². The average molecular weight is 265 g/mol. The van der Waals surface area contributed by atoms with Gasteiger partial charge in [-0.3, -0.25) is 5.32 Å². The van der Waals surface area contributed by atoms with Gasteiger partial charge in [-0.15, -0.1) is 0 Å². The number of benzene rings is 1. The van der Waals surface area contributed by atoms with Crippen LogP contribution < -0.4 is 5.32 Å². The number of anilines is 1. The van der Waals surface area contributed by atoms with E-state index in [-0.39, 0.29) is 18.1 Å². The van der Waals surface area contributed by atoms with Gasteiger partial charge in [-0.05, 0) is 24.1 Å². The molecular weight excluding hydrogens is 249 g/mol. The highest BCUT2D eigenvalue weighted by atomic mass is 19.1. The molecule has 0 saturated heterocycles. The Labute approximate surface area is 111 Å². The lowest BCUT2D eigenvalue weighted by Gasteiger charge is -2.10. The van der Waals surface area contributed by atoms with Crippen LogP contribution in [0.2, 0.25) is 0 Å². The Morgan fingerprint density at radius 1 is 1.53 bits per heavy atom. The largest absolute Gasteiger partial charge is 0.449 e. The summed E-state index contributed by atoms with van der Waals surface area (Å²) in [5.74, 6) is 4.73. The maximum absolute atomic E-state index is 13.1. The first kappa shape index (κ1) is 15.0. The summed E-state index contributed by atoms with van der Waals surface area (Å²) < 4.78 is 18.0. The molecule has 19 heavy (non-hydrogen) atoms. The lowest BCUT2D eigenvalue weighted by Crippen LogP contribution is -2.17. The summed E-state index contributed by atoms with van der Waals surface area (Å²) in [6.45, 7) is 3.80. The molecule has 0 spiro atoms. The molecule has 0 aliphatic carbocycles. The number of carbonyl (C=O) groups is 1. The minimum atomic E-state index is -0.618. The molecule has 4 nitrogen and oxygen atoms in total. The van der Waals surface area contributed by atoms with Gasteiger partial charge >= 0.3 is 6.09 Å². The molecule has 2 N–H and O–H groups in total. The van der Waals surface area contributed by atoms with E-state index in [2.05, 4.69) is 17.2 Å². The SMILES string of the molecule is CC(C)COC(=O)Nc1ccc(F)cc1C#CCO. The first-order chi connectivity index (χ1) is 9.02. The molecule has 0 aliphatic rings. The topological polar surface area (TPSA) is 58.6 Å². The maximum atomic E-state index is 13.1. The Morgan fingerprint density at radius 3 is 2.89 bits per heavy atom. The molecule has 0 saturated carbocycles. The highest BCUT2D eigenvalue weighted by Crippen LogP contribution is 2.16. The molecule has 0 aliphatic heterocycles. The standard InChI is InChI=1S/C14H16FNO3/c1-10(2)9-19-14(18)16-13-6-5-12(15)8-11(13)4-3-7-17/h5-6,8,10,17H,7,9H2,1-2H3,(H,16,18). The summed E-state index contributed by atoms with van der Waals surface area (Å²) in [5.41, 5.74) is 0.631. The zero-order valence-corrected chi connectivity index (χ0v) is 10.9. The normalized spacial score (nSPS) is 9.74. The van der Waals surface area contributed by atoms with Crippen molar-refractivity contribution in [2.75, 3.05) is 18.5 Å². The number of aliphatic hydroxyl groups excluding tert-OH is 1. The minimum absolute atomic E-state index is 0.229. The van der Waals surface area contributed by atoms with Gasteiger partial charge in [0, 0.05) is 0 Å². The fourth-order valence-corrected chi connectivity index (χ4v) is 1.25. The van der Waals surface area contributed by atoms with E-state index < -0.39 is 11.9 Å². The third kappa shape index (κ3) is 5.40. The van der Waals surface area contributed by atoms with Crippen molar-refractivity contribution in [3.05, 3.63) is 29.6 Å². The van der Waals surface area contributed by atoms with Crippen LogP contribution in [-0.2, 0) is 4.74 Å². The number of hydrogen-bond acceptors (Lipinski definition) is 3. The van der Waals surface area contributed by atoms with Crippen molar-refractivity contribution in [1.29, 1.82) is 0 Å². The Morgan fingerprint density at radius 2 is 2.26 bits per heavy atom. The number of halogens is 1. The fraction of sp³-hybridized carbons (Fsp3) is 0.357. The number of rotatable bonds is 3. The monoisotopic (exact) mass is 265 g/mol. The predicted molar refractivity (Wildman–Crippen MR) is 70.2 cm³/mol. The Balaban J connectivity index is 2.79. The van der Waals surface area contributed by atoms with Gasteiger partial charge in [0.05, 0.1) is 17.9 Å². The highest BCUT2D eigenvalue weighted by Gasteiger charge is 2.08. The van der Waals surface area contributed by atoms with Gasteiger partial charge in [-0.2, -0.15) is 0 Å². The van der Waals surface area contributed by atoms with E-state index in [0.29, 0.717) is 12.3 Å². The van der Waals surface area contributed by atoms with Crippen LogP contribution in [0.15, 0.2) is 18.2 Å². The van der Waals surface area contributed by atoms with E-state index >= 15 is 0 Å². The van der Waals surface area contributed by atoms with Crippen LogP contribution in [0, 0.1) is 23.6 Å². The van der Waals surface area contributed by atoms with Crippen molar-refractivity contribution in [3.8, 4) is 11.8 Å². The summed E-state index contributed by atoms with van der Waals surface area (Å²) in [4.78, 5) is 11.5. The number of ether oxygens (including phenoxy) is 1. The van der Waals surface area contributed by atoms with Gasteiger partial charge in [0.15, 0.2) is 0 Å². The van der Waals surface area contributed by atoms with Gasteiger partial charge in [-0.25, -0.2) is 9.18 Å². The van der Waals surface area contributed by atoms with Crippen molar-refractivity contribution in [3.63, 3.8) is 0 Å². The van der Waals surface area contributed by atoms with Crippen LogP contribution in [-0.4, -0.2) is 24.4 Å². The molecule has 1 aromatic rings. The van der Waals surface area contributed by atoms with E-state index in [1.54, 1.807) is 0 Å². The van der Waals surface area contributed by atoms with E-state index in [9.17, 15) is 9.18 Å². The first-order valence-corrected chi connectivity index (χ1v) is 5.86.